The number of rotatable bonds is 8. The topological polar surface area (TPSA) is 126 Å². The Hall–Kier alpha value is -3.11. The molecule has 2 aromatic carbocycles. The number of carbonyl (C=O) groups excluding carboxylic acids is 1. The first-order chi connectivity index (χ1) is 13.9. The summed E-state index contributed by atoms with van der Waals surface area (Å²) in [5.41, 5.74) is 2.16. The molecule has 1 amide bonds. The Labute approximate surface area is 175 Å². The average molecular weight is 433 g/mol. The Morgan fingerprint density at radius 3 is 2.90 bits per heavy atom. The van der Waals surface area contributed by atoms with Crippen molar-refractivity contribution >= 4 is 46.3 Å². The number of thioether (sulfide) groups is 1. The van der Waals surface area contributed by atoms with Gasteiger partial charge in [0.2, 0.25) is 11.1 Å². The standard InChI is InChI=1S/C18H17ClN6O3S/c1-11-3-2-4-12(7-11)20-9-16-22-18(24-23-16)29-10-17(26)21-15-8-13(25(27)28)5-6-14(15)19/h2-8,20H,9-10H2,1H3,(H,21,26)(H,22,23,24). The normalized spacial score (nSPS) is 10.6. The molecule has 3 aromatic rings. The zero-order valence-electron chi connectivity index (χ0n) is 15.3. The number of aromatic nitrogens is 3. The Morgan fingerprint density at radius 2 is 2.14 bits per heavy atom. The van der Waals surface area contributed by atoms with Gasteiger partial charge in [-0.1, -0.05) is 35.5 Å². The van der Waals surface area contributed by atoms with Crippen molar-refractivity contribution in [2.45, 2.75) is 18.6 Å². The van der Waals surface area contributed by atoms with Crippen LogP contribution < -0.4 is 10.6 Å². The number of non-ortho nitro benzene ring substituents is 1. The van der Waals surface area contributed by atoms with Crippen LogP contribution in [0, 0.1) is 17.0 Å². The van der Waals surface area contributed by atoms with Gasteiger partial charge < -0.3 is 10.6 Å². The molecule has 0 saturated heterocycles. The van der Waals surface area contributed by atoms with Crippen LogP contribution in [-0.2, 0) is 11.3 Å². The number of carbonyl (C=O) groups is 1. The monoisotopic (exact) mass is 432 g/mol. The molecule has 0 spiro atoms. The summed E-state index contributed by atoms with van der Waals surface area (Å²) in [6.07, 6.45) is 0. The van der Waals surface area contributed by atoms with Gasteiger partial charge in [0, 0.05) is 17.8 Å². The first-order valence-electron chi connectivity index (χ1n) is 8.49. The van der Waals surface area contributed by atoms with Gasteiger partial charge in [-0.05, 0) is 30.7 Å². The summed E-state index contributed by atoms with van der Waals surface area (Å²) in [7, 11) is 0. The van der Waals surface area contributed by atoms with E-state index in [-0.39, 0.29) is 28.1 Å². The average Bonchev–Trinajstić information content (AvgIpc) is 3.14. The summed E-state index contributed by atoms with van der Waals surface area (Å²) in [4.78, 5) is 26.7. The van der Waals surface area contributed by atoms with Crippen molar-refractivity contribution in [1.82, 2.24) is 15.2 Å². The number of nitrogens with one attached hydrogen (secondary N) is 3. The van der Waals surface area contributed by atoms with E-state index in [2.05, 4.69) is 25.8 Å². The first kappa shape index (κ1) is 20.6. The minimum atomic E-state index is -0.555. The molecule has 0 atom stereocenters. The van der Waals surface area contributed by atoms with E-state index in [4.69, 9.17) is 11.6 Å². The number of hydrogen-bond acceptors (Lipinski definition) is 7. The number of benzene rings is 2. The zero-order chi connectivity index (χ0) is 20.8. The van der Waals surface area contributed by atoms with Crippen molar-refractivity contribution < 1.29 is 9.72 Å². The molecule has 3 rings (SSSR count). The predicted molar refractivity (Wildman–Crippen MR) is 112 cm³/mol. The molecule has 0 aliphatic rings. The van der Waals surface area contributed by atoms with Crippen molar-refractivity contribution in [1.29, 1.82) is 0 Å². The first-order valence-corrected chi connectivity index (χ1v) is 9.85. The van der Waals surface area contributed by atoms with Crippen LogP contribution in [0.4, 0.5) is 17.1 Å². The molecule has 0 aliphatic heterocycles. The van der Waals surface area contributed by atoms with Gasteiger partial charge in [0.15, 0.2) is 0 Å². The Kier molecular flexibility index (Phi) is 6.68. The molecule has 0 fully saturated rings. The molecule has 1 heterocycles. The third-order valence-electron chi connectivity index (χ3n) is 3.76. The number of aromatic amines is 1. The highest BCUT2D eigenvalue weighted by atomic mass is 35.5. The zero-order valence-corrected chi connectivity index (χ0v) is 16.9. The van der Waals surface area contributed by atoms with Crippen molar-refractivity contribution in [2.24, 2.45) is 0 Å². The molecule has 3 N–H and O–H groups in total. The van der Waals surface area contributed by atoms with E-state index in [0.717, 1.165) is 23.0 Å². The smallest absolute Gasteiger partial charge is 0.271 e. The predicted octanol–water partition coefficient (Wildman–Crippen LogP) is 4.02. The third-order valence-corrected chi connectivity index (χ3v) is 4.93. The second-order valence-electron chi connectivity index (χ2n) is 6.05. The maximum absolute atomic E-state index is 12.1. The molecule has 1 aromatic heterocycles. The second-order valence-corrected chi connectivity index (χ2v) is 7.40. The summed E-state index contributed by atoms with van der Waals surface area (Å²) in [5.74, 6) is 0.291. The fourth-order valence-electron chi connectivity index (χ4n) is 2.40. The number of nitrogens with zero attached hydrogens (tertiary/aromatic N) is 3. The van der Waals surface area contributed by atoms with Crippen molar-refractivity contribution in [3.05, 3.63) is 69.0 Å². The summed E-state index contributed by atoms with van der Waals surface area (Å²) in [5, 5.41) is 24.2. The van der Waals surface area contributed by atoms with Crippen molar-refractivity contribution in [3.8, 4) is 0 Å². The molecule has 0 saturated carbocycles. The van der Waals surface area contributed by atoms with Gasteiger partial charge in [-0.2, -0.15) is 0 Å². The Balaban J connectivity index is 1.51. The minimum absolute atomic E-state index is 0.0294. The Morgan fingerprint density at radius 1 is 1.31 bits per heavy atom. The third kappa shape index (κ3) is 5.93. The quantitative estimate of drug-likeness (QED) is 0.279. The van der Waals surface area contributed by atoms with Crippen molar-refractivity contribution in [2.75, 3.05) is 16.4 Å². The van der Waals surface area contributed by atoms with E-state index in [0.29, 0.717) is 17.5 Å². The summed E-state index contributed by atoms with van der Waals surface area (Å²) in [6.45, 7) is 2.48. The van der Waals surface area contributed by atoms with Gasteiger partial charge in [0.25, 0.3) is 5.69 Å². The summed E-state index contributed by atoms with van der Waals surface area (Å²) >= 11 is 7.12. The highest BCUT2D eigenvalue weighted by Gasteiger charge is 2.13. The van der Waals surface area contributed by atoms with Gasteiger partial charge >= 0.3 is 0 Å². The van der Waals surface area contributed by atoms with Crippen molar-refractivity contribution in [3.63, 3.8) is 0 Å². The number of H-pyrrole nitrogens is 1. The molecular formula is C18H17ClN6O3S. The van der Waals surface area contributed by atoms with Gasteiger partial charge in [-0.3, -0.25) is 20.0 Å². The SMILES string of the molecule is Cc1cccc(NCc2nc(SCC(=O)Nc3cc([N+](=O)[O-])ccc3Cl)n[nH]2)c1. The molecular weight excluding hydrogens is 416 g/mol. The fraction of sp³-hybridized carbons (Fsp3) is 0.167. The highest BCUT2D eigenvalue weighted by Crippen LogP contribution is 2.27. The Bertz CT molecular complexity index is 1040. The van der Waals surface area contributed by atoms with Crippen LogP contribution in [0.3, 0.4) is 0 Å². The van der Waals surface area contributed by atoms with Gasteiger partial charge in [-0.15, -0.1) is 5.10 Å². The van der Waals surface area contributed by atoms with E-state index in [1.165, 1.54) is 18.2 Å². The number of nitro benzene ring substituents is 1. The molecule has 0 aliphatic carbocycles. The lowest BCUT2D eigenvalue weighted by atomic mass is 10.2. The van der Waals surface area contributed by atoms with E-state index in [9.17, 15) is 14.9 Å². The van der Waals surface area contributed by atoms with Crippen LogP contribution in [0.15, 0.2) is 47.6 Å². The van der Waals surface area contributed by atoms with Crippen LogP contribution >= 0.6 is 23.4 Å². The van der Waals surface area contributed by atoms with Gasteiger partial charge in [0.1, 0.15) is 5.82 Å². The van der Waals surface area contributed by atoms with E-state index in [1.54, 1.807) is 0 Å². The molecule has 9 nitrogen and oxygen atoms in total. The molecule has 29 heavy (non-hydrogen) atoms. The maximum Gasteiger partial charge on any atom is 0.271 e. The number of halogens is 1. The van der Waals surface area contributed by atoms with E-state index in [1.807, 2.05) is 31.2 Å². The highest BCUT2D eigenvalue weighted by molar-refractivity contribution is 7.99. The summed E-state index contributed by atoms with van der Waals surface area (Å²) in [6, 6.07) is 11.8. The number of hydrogen-bond donors (Lipinski definition) is 3. The lowest BCUT2D eigenvalue weighted by molar-refractivity contribution is -0.384. The minimum Gasteiger partial charge on any atom is -0.378 e. The lowest BCUT2D eigenvalue weighted by Gasteiger charge is -2.06. The van der Waals surface area contributed by atoms with E-state index < -0.39 is 4.92 Å². The molecule has 0 radical (unpaired) electrons. The van der Waals surface area contributed by atoms with Crippen LogP contribution in [-0.4, -0.2) is 31.8 Å². The second kappa shape index (κ2) is 9.39. The van der Waals surface area contributed by atoms with Gasteiger partial charge in [0.05, 0.1) is 27.9 Å². The molecule has 11 heteroatoms. The molecule has 0 bridgehead atoms. The number of amides is 1. The van der Waals surface area contributed by atoms with Crippen LogP contribution in [0.25, 0.3) is 0 Å². The fourth-order valence-corrected chi connectivity index (χ4v) is 3.18. The number of anilines is 2. The van der Waals surface area contributed by atoms with E-state index >= 15 is 0 Å². The largest absolute Gasteiger partial charge is 0.378 e. The molecule has 150 valence electrons. The summed E-state index contributed by atoms with van der Waals surface area (Å²) < 4.78 is 0. The molecule has 0 unspecified atom stereocenters. The van der Waals surface area contributed by atoms with Gasteiger partial charge in [-0.25, -0.2) is 4.98 Å². The number of aryl methyl sites for hydroxylation is 1. The van der Waals surface area contributed by atoms with Crippen LogP contribution in [0.5, 0.6) is 0 Å². The number of nitro groups is 1. The van der Waals surface area contributed by atoms with Crippen LogP contribution in [0.1, 0.15) is 11.4 Å². The van der Waals surface area contributed by atoms with Crippen LogP contribution in [0.2, 0.25) is 5.02 Å². The lowest BCUT2D eigenvalue weighted by Crippen LogP contribution is -2.14. The maximum atomic E-state index is 12.1.